The molecular formula is C15H20F2N2. The minimum Gasteiger partial charge on any atom is -0.364 e. The maximum Gasteiger partial charge on any atom is 0.149 e. The third kappa shape index (κ3) is 2.22. The Morgan fingerprint density at radius 1 is 1.11 bits per heavy atom. The summed E-state index contributed by atoms with van der Waals surface area (Å²) >= 11 is 0. The molecule has 0 bridgehead atoms. The zero-order chi connectivity index (χ0) is 13.4. The van der Waals surface area contributed by atoms with Crippen molar-refractivity contribution in [2.45, 2.75) is 44.7 Å². The molecule has 0 aromatic heterocycles. The molecule has 1 heterocycles. The summed E-state index contributed by atoms with van der Waals surface area (Å²) in [6, 6.07) is 3.06. The van der Waals surface area contributed by atoms with E-state index in [0.29, 0.717) is 17.5 Å². The van der Waals surface area contributed by atoms with E-state index in [2.05, 4.69) is 0 Å². The van der Waals surface area contributed by atoms with Gasteiger partial charge in [-0.05, 0) is 42.9 Å². The highest BCUT2D eigenvalue weighted by Gasteiger charge is 2.37. The summed E-state index contributed by atoms with van der Waals surface area (Å²) in [4.78, 5) is 1.95. The third-order valence-corrected chi connectivity index (χ3v) is 4.61. The van der Waals surface area contributed by atoms with Gasteiger partial charge in [0.2, 0.25) is 0 Å². The molecule has 0 amide bonds. The van der Waals surface area contributed by atoms with E-state index >= 15 is 0 Å². The van der Waals surface area contributed by atoms with E-state index in [-0.39, 0.29) is 12.2 Å². The lowest BCUT2D eigenvalue weighted by Gasteiger charge is -2.33. The van der Waals surface area contributed by atoms with Crippen molar-refractivity contribution in [2.24, 2.45) is 11.7 Å². The summed E-state index contributed by atoms with van der Waals surface area (Å²) in [5.41, 5.74) is 6.12. The summed E-state index contributed by atoms with van der Waals surface area (Å²) in [6.45, 7) is 0.936. The second kappa shape index (κ2) is 5.08. The molecule has 2 nitrogen and oxygen atoms in total. The Bertz CT molecular complexity index is 452. The fourth-order valence-corrected chi connectivity index (χ4v) is 3.69. The molecule has 2 fully saturated rings. The van der Waals surface area contributed by atoms with E-state index < -0.39 is 11.6 Å². The zero-order valence-electron chi connectivity index (χ0n) is 11.0. The Kier molecular flexibility index (Phi) is 3.44. The monoisotopic (exact) mass is 266 g/mol. The van der Waals surface area contributed by atoms with Crippen LogP contribution in [0.3, 0.4) is 0 Å². The number of rotatable bonds is 2. The Morgan fingerprint density at radius 2 is 1.79 bits per heavy atom. The van der Waals surface area contributed by atoms with Gasteiger partial charge in [0.25, 0.3) is 0 Å². The number of nitrogens with two attached hydrogens (primary N) is 1. The van der Waals surface area contributed by atoms with Crippen molar-refractivity contribution in [3.63, 3.8) is 0 Å². The van der Waals surface area contributed by atoms with Gasteiger partial charge < -0.3 is 10.6 Å². The van der Waals surface area contributed by atoms with Gasteiger partial charge in [-0.3, -0.25) is 0 Å². The molecule has 19 heavy (non-hydrogen) atoms. The van der Waals surface area contributed by atoms with Crippen LogP contribution in [0.2, 0.25) is 0 Å². The lowest BCUT2D eigenvalue weighted by Crippen LogP contribution is -2.35. The highest BCUT2D eigenvalue weighted by molar-refractivity contribution is 5.53. The van der Waals surface area contributed by atoms with E-state index in [1.54, 1.807) is 0 Å². The molecule has 2 unspecified atom stereocenters. The maximum atomic E-state index is 14.2. The highest BCUT2D eigenvalue weighted by Crippen LogP contribution is 2.40. The van der Waals surface area contributed by atoms with Gasteiger partial charge in [0.1, 0.15) is 17.3 Å². The van der Waals surface area contributed by atoms with Crippen LogP contribution in [-0.2, 0) is 6.54 Å². The Morgan fingerprint density at radius 3 is 2.47 bits per heavy atom. The van der Waals surface area contributed by atoms with Crippen LogP contribution in [0.4, 0.5) is 14.5 Å². The Hall–Kier alpha value is -1.16. The molecule has 1 aromatic rings. The van der Waals surface area contributed by atoms with Gasteiger partial charge in [-0.2, -0.15) is 0 Å². The molecule has 104 valence electrons. The lowest BCUT2D eigenvalue weighted by molar-refractivity contribution is 0.340. The van der Waals surface area contributed by atoms with Crippen molar-refractivity contribution in [3.8, 4) is 0 Å². The summed E-state index contributed by atoms with van der Waals surface area (Å²) in [7, 11) is 0. The van der Waals surface area contributed by atoms with Crippen molar-refractivity contribution in [1.29, 1.82) is 0 Å². The van der Waals surface area contributed by atoms with Crippen LogP contribution in [0.1, 0.15) is 37.7 Å². The molecule has 1 saturated heterocycles. The van der Waals surface area contributed by atoms with Crippen molar-refractivity contribution in [3.05, 3.63) is 29.3 Å². The van der Waals surface area contributed by atoms with E-state index in [4.69, 9.17) is 5.73 Å². The third-order valence-electron chi connectivity index (χ3n) is 4.61. The molecule has 1 aliphatic carbocycles. The first-order valence-corrected chi connectivity index (χ1v) is 7.15. The minimum atomic E-state index is -0.466. The van der Waals surface area contributed by atoms with Gasteiger partial charge in [0, 0.05) is 19.1 Å². The molecule has 1 saturated carbocycles. The average Bonchev–Trinajstić information content (AvgIpc) is 2.82. The lowest BCUT2D eigenvalue weighted by atomic mass is 9.85. The predicted octanol–water partition coefficient (Wildman–Crippen LogP) is 3.19. The molecule has 2 atom stereocenters. The van der Waals surface area contributed by atoms with Gasteiger partial charge in [-0.15, -0.1) is 0 Å². The second-order valence-corrected chi connectivity index (χ2v) is 5.71. The smallest absolute Gasteiger partial charge is 0.149 e. The van der Waals surface area contributed by atoms with Crippen LogP contribution in [0.5, 0.6) is 0 Å². The van der Waals surface area contributed by atoms with Crippen LogP contribution < -0.4 is 10.6 Å². The van der Waals surface area contributed by atoms with Crippen LogP contribution in [0.25, 0.3) is 0 Å². The largest absolute Gasteiger partial charge is 0.364 e. The van der Waals surface area contributed by atoms with Gasteiger partial charge in [0.15, 0.2) is 0 Å². The number of fused-ring (bicyclic) bond motifs is 1. The number of halogens is 2. The first-order valence-electron chi connectivity index (χ1n) is 7.15. The predicted molar refractivity (Wildman–Crippen MR) is 72.0 cm³/mol. The average molecular weight is 266 g/mol. The van der Waals surface area contributed by atoms with Crippen molar-refractivity contribution in [2.75, 3.05) is 11.4 Å². The van der Waals surface area contributed by atoms with Gasteiger partial charge in [-0.1, -0.05) is 12.8 Å². The maximum absolute atomic E-state index is 14.2. The molecule has 1 aliphatic heterocycles. The molecule has 3 rings (SSSR count). The molecule has 2 N–H and O–H groups in total. The minimum absolute atomic E-state index is 0.159. The number of anilines is 1. The van der Waals surface area contributed by atoms with Crippen molar-refractivity contribution >= 4 is 5.69 Å². The van der Waals surface area contributed by atoms with Gasteiger partial charge in [-0.25, -0.2) is 8.78 Å². The summed E-state index contributed by atoms with van der Waals surface area (Å²) < 4.78 is 28.3. The first kappa shape index (κ1) is 12.9. The molecule has 2 aliphatic rings. The standard InChI is InChI=1S/C15H20F2N2/c16-12-7-10(9-18)8-13(17)15(12)19-6-5-11-3-1-2-4-14(11)19/h7-8,11,14H,1-6,9,18H2. The van der Waals surface area contributed by atoms with Crippen LogP contribution in [0.15, 0.2) is 12.1 Å². The van der Waals surface area contributed by atoms with E-state index in [1.165, 1.54) is 31.4 Å². The number of hydrogen-bond donors (Lipinski definition) is 1. The fraction of sp³-hybridized carbons (Fsp3) is 0.600. The molecule has 1 aromatic carbocycles. The first-order chi connectivity index (χ1) is 9.20. The topological polar surface area (TPSA) is 29.3 Å². The second-order valence-electron chi connectivity index (χ2n) is 5.71. The molecule has 0 radical (unpaired) electrons. The summed E-state index contributed by atoms with van der Waals surface area (Å²) in [6.07, 6.45) is 5.74. The molecule has 4 heteroatoms. The Balaban J connectivity index is 1.94. The van der Waals surface area contributed by atoms with Crippen molar-refractivity contribution in [1.82, 2.24) is 0 Å². The Labute approximate surface area is 112 Å². The van der Waals surface area contributed by atoms with Crippen LogP contribution in [0, 0.1) is 17.6 Å². The van der Waals surface area contributed by atoms with E-state index in [9.17, 15) is 8.78 Å². The summed E-state index contributed by atoms with van der Waals surface area (Å²) in [5.74, 6) is -0.319. The molecular weight excluding hydrogens is 246 g/mol. The van der Waals surface area contributed by atoms with E-state index in [0.717, 1.165) is 19.4 Å². The highest BCUT2D eigenvalue weighted by atomic mass is 19.1. The van der Waals surface area contributed by atoms with Crippen LogP contribution >= 0.6 is 0 Å². The number of hydrogen-bond acceptors (Lipinski definition) is 2. The van der Waals surface area contributed by atoms with Gasteiger partial charge >= 0.3 is 0 Å². The number of nitrogens with zero attached hydrogens (tertiary/aromatic N) is 1. The number of benzene rings is 1. The summed E-state index contributed by atoms with van der Waals surface area (Å²) in [5, 5.41) is 0. The van der Waals surface area contributed by atoms with Crippen molar-refractivity contribution < 1.29 is 8.78 Å². The normalized spacial score (nSPS) is 26.6. The van der Waals surface area contributed by atoms with Gasteiger partial charge in [0.05, 0.1) is 0 Å². The van der Waals surface area contributed by atoms with E-state index in [1.807, 2.05) is 4.90 Å². The zero-order valence-corrected chi connectivity index (χ0v) is 11.0. The quantitative estimate of drug-likeness (QED) is 0.890. The van der Waals surface area contributed by atoms with Crippen LogP contribution in [-0.4, -0.2) is 12.6 Å². The SMILES string of the molecule is NCc1cc(F)c(N2CCC3CCCCC32)c(F)c1. The fourth-order valence-electron chi connectivity index (χ4n) is 3.69. The molecule has 0 spiro atoms.